The minimum absolute atomic E-state index is 0.0408. The third-order valence-electron chi connectivity index (χ3n) is 2.46. The van der Waals surface area contributed by atoms with Gasteiger partial charge in [-0.1, -0.05) is 30.4 Å². The molecular formula is C14H17NO4. The first-order valence-corrected chi connectivity index (χ1v) is 5.96. The standard InChI is InChI=1S/C14H17NO4/c1-2-3-4-5-6-11-9-12(14(17)19-10-11)7-8-13(16)15-18/h2-6,9,18H,7-8,10H2,1H3,(H,15,16)/b3-2+,5-4+,11-6-. The molecule has 0 atom stereocenters. The van der Waals surface area contributed by atoms with Crippen LogP contribution < -0.4 is 5.48 Å². The number of allylic oxidation sites excluding steroid dienone is 5. The van der Waals surface area contributed by atoms with Crippen molar-refractivity contribution in [3.8, 4) is 0 Å². The van der Waals surface area contributed by atoms with Crippen LogP contribution in [0.4, 0.5) is 0 Å². The first-order valence-electron chi connectivity index (χ1n) is 5.96. The minimum atomic E-state index is -0.530. The Bertz CT molecular complexity index is 458. The van der Waals surface area contributed by atoms with Crippen molar-refractivity contribution in [1.82, 2.24) is 5.48 Å². The molecule has 0 fully saturated rings. The van der Waals surface area contributed by atoms with E-state index in [9.17, 15) is 9.59 Å². The van der Waals surface area contributed by atoms with Gasteiger partial charge in [0.05, 0.1) is 0 Å². The van der Waals surface area contributed by atoms with Crippen LogP contribution in [-0.4, -0.2) is 23.7 Å². The van der Waals surface area contributed by atoms with Crippen molar-refractivity contribution < 1.29 is 19.5 Å². The van der Waals surface area contributed by atoms with Crippen molar-refractivity contribution in [2.24, 2.45) is 0 Å². The Morgan fingerprint density at radius 2 is 2.26 bits per heavy atom. The van der Waals surface area contributed by atoms with E-state index in [1.807, 2.05) is 37.3 Å². The predicted octanol–water partition coefficient (Wildman–Crippen LogP) is 1.81. The van der Waals surface area contributed by atoms with Gasteiger partial charge in [0.25, 0.3) is 0 Å². The van der Waals surface area contributed by atoms with Gasteiger partial charge in [-0.2, -0.15) is 0 Å². The number of hydroxylamine groups is 1. The molecule has 0 aliphatic carbocycles. The molecule has 0 unspecified atom stereocenters. The second-order valence-corrected chi connectivity index (χ2v) is 3.93. The molecule has 19 heavy (non-hydrogen) atoms. The molecular weight excluding hydrogens is 246 g/mol. The molecule has 1 aliphatic heterocycles. The molecule has 5 nitrogen and oxygen atoms in total. The maximum absolute atomic E-state index is 11.5. The molecule has 1 heterocycles. The van der Waals surface area contributed by atoms with Crippen LogP contribution in [0.1, 0.15) is 19.8 Å². The van der Waals surface area contributed by atoms with Crippen LogP contribution in [0.3, 0.4) is 0 Å². The summed E-state index contributed by atoms with van der Waals surface area (Å²) in [5.74, 6) is -0.946. The van der Waals surface area contributed by atoms with Crippen molar-refractivity contribution in [2.45, 2.75) is 19.8 Å². The predicted molar refractivity (Wildman–Crippen MR) is 70.2 cm³/mol. The molecule has 1 aliphatic rings. The van der Waals surface area contributed by atoms with Crippen LogP contribution in [0.2, 0.25) is 0 Å². The molecule has 5 heteroatoms. The summed E-state index contributed by atoms with van der Waals surface area (Å²) in [6.45, 7) is 2.15. The molecule has 1 rings (SSSR count). The summed E-state index contributed by atoms with van der Waals surface area (Å²) in [6, 6.07) is 0. The molecule has 2 N–H and O–H groups in total. The number of nitrogens with one attached hydrogen (secondary N) is 1. The summed E-state index contributed by atoms with van der Waals surface area (Å²) in [5, 5.41) is 8.39. The number of rotatable bonds is 5. The van der Waals surface area contributed by atoms with Gasteiger partial charge in [-0.3, -0.25) is 10.0 Å². The summed E-state index contributed by atoms with van der Waals surface area (Å²) in [7, 11) is 0. The van der Waals surface area contributed by atoms with Gasteiger partial charge in [0.15, 0.2) is 0 Å². The highest BCUT2D eigenvalue weighted by atomic mass is 16.5. The first kappa shape index (κ1) is 14.9. The zero-order valence-electron chi connectivity index (χ0n) is 10.8. The van der Waals surface area contributed by atoms with Gasteiger partial charge in [-0.25, -0.2) is 10.3 Å². The number of cyclic esters (lactones) is 1. The van der Waals surface area contributed by atoms with E-state index in [2.05, 4.69) is 0 Å². The van der Waals surface area contributed by atoms with Gasteiger partial charge < -0.3 is 4.74 Å². The summed E-state index contributed by atoms with van der Waals surface area (Å²) >= 11 is 0. The van der Waals surface area contributed by atoms with Crippen LogP contribution in [-0.2, 0) is 14.3 Å². The first-order chi connectivity index (χ1) is 9.17. The monoisotopic (exact) mass is 263 g/mol. The molecule has 0 aromatic carbocycles. The van der Waals surface area contributed by atoms with Crippen LogP contribution in [0.25, 0.3) is 0 Å². The number of carbonyl (C=O) groups excluding carboxylic acids is 2. The van der Waals surface area contributed by atoms with Crippen molar-refractivity contribution in [2.75, 3.05) is 6.61 Å². The van der Waals surface area contributed by atoms with Crippen LogP contribution in [0.15, 0.2) is 47.6 Å². The Morgan fingerprint density at radius 3 is 2.95 bits per heavy atom. The Kier molecular flexibility index (Phi) is 6.32. The lowest BCUT2D eigenvalue weighted by molar-refractivity contribution is -0.138. The van der Waals surface area contributed by atoms with E-state index < -0.39 is 11.9 Å². The fourth-order valence-corrected chi connectivity index (χ4v) is 1.49. The lowest BCUT2D eigenvalue weighted by Crippen LogP contribution is -2.21. The number of hydrogen-bond acceptors (Lipinski definition) is 4. The molecule has 0 radical (unpaired) electrons. The van der Waals surface area contributed by atoms with Crippen LogP contribution in [0, 0.1) is 0 Å². The van der Waals surface area contributed by atoms with E-state index in [1.165, 1.54) is 5.48 Å². The van der Waals surface area contributed by atoms with Crippen molar-refractivity contribution >= 4 is 11.9 Å². The summed E-state index contributed by atoms with van der Waals surface area (Å²) < 4.78 is 5.00. The molecule has 0 spiro atoms. The third-order valence-corrected chi connectivity index (χ3v) is 2.46. The molecule has 0 aromatic heterocycles. The smallest absolute Gasteiger partial charge is 0.334 e. The van der Waals surface area contributed by atoms with E-state index in [4.69, 9.17) is 9.94 Å². The Labute approximate surface area is 111 Å². The molecule has 1 amide bonds. The number of amides is 1. The number of ether oxygens (including phenoxy) is 1. The average Bonchev–Trinajstić information content (AvgIpc) is 2.43. The van der Waals surface area contributed by atoms with Crippen LogP contribution >= 0.6 is 0 Å². The third kappa shape index (κ3) is 5.35. The van der Waals surface area contributed by atoms with Gasteiger partial charge in [0.1, 0.15) is 6.61 Å². The number of carbonyl (C=O) groups is 2. The lowest BCUT2D eigenvalue weighted by atomic mass is 10.0. The van der Waals surface area contributed by atoms with Gasteiger partial charge in [-0.15, -0.1) is 0 Å². The van der Waals surface area contributed by atoms with Gasteiger partial charge in [-0.05, 0) is 25.0 Å². The zero-order valence-corrected chi connectivity index (χ0v) is 10.8. The molecule has 102 valence electrons. The fourth-order valence-electron chi connectivity index (χ4n) is 1.49. The van der Waals surface area contributed by atoms with Gasteiger partial charge in [0, 0.05) is 12.0 Å². The Hall–Kier alpha value is -2.14. The van der Waals surface area contributed by atoms with E-state index in [1.54, 1.807) is 6.08 Å². The van der Waals surface area contributed by atoms with Crippen molar-refractivity contribution in [3.05, 3.63) is 47.6 Å². The molecule has 0 bridgehead atoms. The lowest BCUT2D eigenvalue weighted by Gasteiger charge is -2.14. The Morgan fingerprint density at radius 1 is 1.47 bits per heavy atom. The maximum atomic E-state index is 11.5. The highest BCUT2D eigenvalue weighted by molar-refractivity contribution is 5.91. The quantitative estimate of drug-likeness (QED) is 0.343. The van der Waals surface area contributed by atoms with E-state index in [-0.39, 0.29) is 19.4 Å². The van der Waals surface area contributed by atoms with E-state index in [0.717, 1.165) is 5.57 Å². The maximum Gasteiger partial charge on any atom is 0.334 e. The second kappa shape index (κ2) is 8.05. The number of hydrogen-bond donors (Lipinski definition) is 2. The SMILES string of the molecule is C/C=C/C=C/C=C1/C=C(CCC(=O)NO)C(=O)OC1. The normalized spacial score (nSPS) is 17.9. The van der Waals surface area contributed by atoms with Crippen LogP contribution in [0.5, 0.6) is 0 Å². The van der Waals surface area contributed by atoms with Crippen molar-refractivity contribution in [1.29, 1.82) is 0 Å². The average molecular weight is 263 g/mol. The minimum Gasteiger partial charge on any atom is -0.457 e. The van der Waals surface area contributed by atoms with Gasteiger partial charge in [0.2, 0.25) is 5.91 Å². The molecule has 0 saturated carbocycles. The molecule has 0 aromatic rings. The van der Waals surface area contributed by atoms with E-state index >= 15 is 0 Å². The summed E-state index contributed by atoms with van der Waals surface area (Å²) in [6.07, 6.45) is 11.4. The largest absolute Gasteiger partial charge is 0.457 e. The van der Waals surface area contributed by atoms with Crippen molar-refractivity contribution in [3.63, 3.8) is 0 Å². The Balaban J connectivity index is 2.69. The highest BCUT2D eigenvalue weighted by Gasteiger charge is 2.18. The zero-order chi connectivity index (χ0) is 14.1. The second-order valence-electron chi connectivity index (χ2n) is 3.93. The summed E-state index contributed by atoms with van der Waals surface area (Å²) in [4.78, 5) is 22.4. The van der Waals surface area contributed by atoms with Gasteiger partial charge >= 0.3 is 5.97 Å². The summed E-state index contributed by atoms with van der Waals surface area (Å²) in [5.41, 5.74) is 2.82. The fraction of sp³-hybridized carbons (Fsp3) is 0.286. The van der Waals surface area contributed by atoms with E-state index in [0.29, 0.717) is 5.57 Å². The number of esters is 1. The highest BCUT2D eigenvalue weighted by Crippen LogP contribution is 2.17. The molecule has 0 saturated heterocycles. The topological polar surface area (TPSA) is 75.6 Å².